The van der Waals surface area contributed by atoms with Crippen LogP contribution in [0.25, 0.3) is 22.3 Å². The third-order valence-corrected chi connectivity index (χ3v) is 8.15. The van der Waals surface area contributed by atoms with E-state index in [1.165, 1.54) is 50.3 Å². The predicted octanol–water partition coefficient (Wildman–Crippen LogP) is 10.2. The Morgan fingerprint density at radius 2 is 0.897 bits per heavy atom. The van der Waals surface area contributed by atoms with Crippen molar-refractivity contribution in [3.63, 3.8) is 0 Å². The molecule has 39 heavy (non-hydrogen) atoms. The van der Waals surface area contributed by atoms with E-state index in [0.717, 1.165) is 5.69 Å². The highest BCUT2D eigenvalue weighted by Gasteiger charge is 2.41. The molecule has 6 aromatic rings. The van der Waals surface area contributed by atoms with Crippen LogP contribution in [0, 0.1) is 0 Å². The van der Waals surface area contributed by atoms with Crippen LogP contribution in [0.4, 0.5) is 17.1 Å². The van der Waals surface area contributed by atoms with E-state index in [1.807, 2.05) is 0 Å². The molecule has 6 aromatic carbocycles. The molecule has 1 nitrogen and oxygen atoms in total. The van der Waals surface area contributed by atoms with Gasteiger partial charge in [0.05, 0.1) is 11.4 Å². The van der Waals surface area contributed by atoms with E-state index in [0.29, 0.717) is 0 Å². The Bertz CT molecular complexity index is 1740. The second-order valence-corrected chi connectivity index (χ2v) is 10.4. The fourth-order valence-electron chi connectivity index (χ4n) is 6.10. The Morgan fingerprint density at radius 1 is 0.410 bits per heavy atom. The lowest BCUT2D eigenvalue weighted by Gasteiger charge is -2.44. The third kappa shape index (κ3) is 3.86. The largest absolute Gasteiger partial charge is 0.310 e. The minimum atomic E-state index is -0.307. The van der Waals surface area contributed by atoms with Crippen molar-refractivity contribution in [1.29, 1.82) is 0 Å². The molecule has 1 unspecified atom stereocenters. The van der Waals surface area contributed by atoms with Gasteiger partial charge in [-0.1, -0.05) is 127 Å². The first-order valence-corrected chi connectivity index (χ1v) is 13.5. The first-order valence-electron chi connectivity index (χ1n) is 13.5. The number of fused-ring (bicyclic) bond motifs is 2. The summed E-state index contributed by atoms with van der Waals surface area (Å²) in [4.78, 5) is 2.43. The standard InChI is InChI=1S/C38H29N/c1-38(32-17-9-4-10-18-32)34-19-11-12-20-36(34)39(33-24-21-30(22-25-33)28-13-5-2-6-14-28)37-26-23-31(27-35(37)38)29-15-7-3-8-16-29/h2-27H,1H3. The van der Waals surface area contributed by atoms with E-state index in [4.69, 9.17) is 0 Å². The lowest BCUT2D eigenvalue weighted by Crippen LogP contribution is -2.34. The third-order valence-electron chi connectivity index (χ3n) is 8.15. The Kier molecular flexibility index (Phi) is 5.64. The molecule has 1 atom stereocenters. The first-order chi connectivity index (χ1) is 19.2. The molecule has 1 aliphatic rings. The lowest BCUT2D eigenvalue weighted by atomic mass is 9.67. The Hall–Kier alpha value is -4.88. The molecule has 0 aromatic heterocycles. The van der Waals surface area contributed by atoms with Gasteiger partial charge in [-0.25, -0.2) is 0 Å². The second kappa shape index (κ2) is 9.45. The molecule has 1 heteroatoms. The molecular weight excluding hydrogens is 470 g/mol. The van der Waals surface area contributed by atoms with Crippen molar-refractivity contribution in [2.24, 2.45) is 0 Å². The van der Waals surface area contributed by atoms with E-state index in [1.54, 1.807) is 0 Å². The summed E-state index contributed by atoms with van der Waals surface area (Å²) >= 11 is 0. The molecule has 0 N–H and O–H groups in total. The Morgan fingerprint density at radius 3 is 1.56 bits per heavy atom. The predicted molar refractivity (Wildman–Crippen MR) is 164 cm³/mol. The summed E-state index contributed by atoms with van der Waals surface area (Å²) in [5.74, 6) is 0. The smallest absolute Gasteiger partial charge is 0.0506 e. The summed E-state index contributed by atoms with van der Waals surface area (Å²) in [7, 11) is 0. The fraction of sp³-hybridized carbons (Fsp3) is 0.0526. The van der Waals surface area contributed by atoms with Gasteiger partial charge in [-0.2, -0.15) is 0 Å². The van der Waals surface area contributed by atoms with Crippen LogP contribution in [-0.2, 0) is 5.41 Å². The maximum Gasteiger partial charge on any atom is 0.0506 e. The van der Waals surface area contributed by atoms with Crippen LogP contribution >= 0.6 is 0 Å². The van der Waals surface area contributed by atoms with E-state index in [9.17, 15) is 0 Å². The molecular formula is C38H29N. The normalized spacial score (nSPS) is 15.9. The van der Waals surface area contributed by atoms with Gasteiger partial charge < -0.3 is 4.90 Å². The minimum Gasteiger partial charge on any atom is -0.310 e. The van der Waals surface area contributed by atoms with Crippen molar-refractivity contribution in [2.75, 3.05) is 4.90 Å². The summed E-state index contributed by atoms with van der Waals surface area (Å²) in [5.41, 5.74) is 12.1. The number of benzene rings is 6. The fourth-order valence-corrected chi connectivity index (χ4v) is 6.10. The summed E-state index contributed by atoms with van der Waals surface area (Å²) in [6.07, 6.45) is 0. The molecule has 0 saturated heterocycles. The number of anilines is 3. The average Bonchev–Trinajstić information content (AvgIpc) is 3.03. The molecule has 1 heterocycles. The zero-order valence-corrected chi connectivity index (χ0v) is 22.0. The van der Waals surface area contributed by atoms with Crippen LogP contribution in [0.1, 0.15) is 23.6 Å². The molecule has 0 amide bonds. The monoisotopic (exact) mass is 499 g/mol. The number of nitrogens with zero attached hydrogens (tertiary/aromatic N) is 1. The Labute approximate surface area is 230 Å². The topological polar surface area (TPSA) is 3.24 Å². The summed E-state index contributed by atoms with van der Waals surface area (Å²) in [6, 6.07) is 57.0. The first kappa shape index (κ1) is 23.3. The summed E-state index contributed by atoms with van der Waals surface area (Å²) in [6.45, 7) is 2.38. The molecule has 7 rings (SSSR count). The quantitative estimate of drug-likeness (QED) is 0.233. The van der Waals surface area contributed by atoms with E-state index >= 15 is 0 Å². The molecule has 186 valence electrons. The van der Waals surface area contributed by atoms with Crippen molar-refractivity contribution < 1.29 is 0 Å². The number of hydrogen-bond acceptors (Lipinski definition) is 1. The molecule has 0 fully saturated rings. The number of para-hydroxylation sites is 1. The maximum atomic E-state index is 2.43. The summed E-state index contributed by atoms with van der Waals surface area (Å²) < 4.78 is 0. The molecule has 0 bridgehead atoms. The average molecular weight is 500 g/mol. The van der Waals surface area contributed by atoms with Crippen molar-refractivity contribution in [2.45, 2.75) is 12.3 Å². The van der Waals surface area contributed by atoms with Gasteiger partial charge in [-0.15, -0.1) is 0 Å². The van der Waals surface area contributed by atoms with Crippen molar-refractivity contribution in [3.8, 4) is 22.3 Å². The van der Waals surface area contributed by atoms with Crippen LogP contribution in [0.5, 0.6) is 0 Å². The van der Waals surface area contributed by atoms with Gasteiger partial charge in [-0.05, 0) is 76.2 Å². The van der Waals surface area contributed by atoms with Crippen molar-refractivity contribution in [3.05, 3.63) is 174 Å². The zero-order chi connectivity index (χ0) is 26.2. The van der Waals surface area contributed by atoms with E-state index in [-0.39, 0.29) is 5.41 Å². The number of hydrogen-bond donors (Lipinski definition) is 0. The molecule has 1 aliphatic heterocycles. The highest BCUT2D eigenvalue weighted by atomic mass is 15.2. The van der Waals surface area contributed by atoms with E-state index < -0.39 is 0 Å². The van der Waals surface area contributed by atoms with Gasteiger partial charge in [0.1, 0.15) is 0 Å². The van der Waals surface area contributed by atoms with Crippen LogP contribution in [-0.4, -0.2) is 0 Å². The van der Waals surface area contributed by atoms with Crippen molar-refractivity contribution in [1.82, 2.24) is 0 Å². The Balaban J connectivity index is 1.46. The highest BCUT2D eigenvalue weighted by molar-refractivity contribution is 5.89. The van der Waals surface area contributed by atoms with Gasteiger partial charge in [0.2, 0.25) is 0 Å². The van der Waals surface area contributed by atoms with Crippen LogP contribution in [0.3, 0.4) is 0 Å². The van der Waals surface area contributed by atoms with Gasteiger partial charge in [0, 0.05) is 11.1 Å². The lowest BCUT2D eigenvalue weighted by molar-refractivity contribution is 0.681. The SMILES string of the molecule is CC1(c2ccccc2)c2ccccc2N(c2ccc(-c3ccccc3)cc2)c2ccc(-c3ccccc3)cc21. The number of rotatable bonds is 4. The molecule has 0 saturated carbocycles. The highest BCUT2D eigenvalue weighted by Crippen LogP contribution is 2.55. The molecule has 0 radical (unpaired) electrons. The van der Waals surface area contributed by atoms with Gasteiger partial charge in [0.25, 0.3) is 0 Å². The van der Waals surface area contributed by atoms with Crippen molar-refractivity contribution >= 4 is 17.1 Å². The maximum absolute atomic E-state index is 2.43. The molecule has 0 aliphatic carbocycles. The van der Waals surface area contributed by atoms with Gasteiger partial charge >= 0.3 is 0 Å². The molecule has 0 spiro atoms. The minimum absolute atomic E-state index is 0.307. The van der Waals surface area contributed by atoms with Crippen LogP contribution in [0.15, 0.2) is 158 Å². The summed E-state index contributed by atoms with van der Waals surface area (Å²) in [5, 5.41) is 0. The van der Waals surface area contributed by atoms with Crippen LogP contribution in [0.2, 0.25) is 0 Å². The second-order valence-electron chi connectivity index (χ2n) is 10.4. The van der Waals surface area contributed by atoms with Gasteiger partial charge in [0.15, 0.2) is 0 Å². The van der Waals surface area contributed by atoms with Gasteiger partial charge in [-0.3, -0.25) is 0 Å². The van der Waals surface area contributed by atoms with E-state index in [2.05, 4.69) is 170 Å². The zero-order valence-electron chi connectivity index (χ0n) is 22.0. The van der Waals surface area contributed by atoms with Crippen LogP contribution < -0.4 is 4.90 Å².